The molecule has 0 bridgehead atoms. The highest BCUT2D eigenvalue weighted by Crippen LogP contribution is 2.36. The molecular weight excluding hydrogens is 578 g/mol. The number of halogens is 4. The fraction of sp³-hybridized carbons (Fsp3) is 0.167. The fourth-order valence-electron chi connectivity index (χ4n) is 4.35. The highest BCUT2D eigenvalue weighted by molar-refractivity contribution is 7.11. The molecule has 0 saturated carbocycles. The molecule has 2 aromatic heterocycles. The van der Waals surface area contributed by atoms with E-state index in [9.17, 15) is 31.9 Å². The number of carboxylic acids is 1. The molecule has 3 heterocycles. The highest BCUT2D eigenvalue weighted by Gasteiger charge is 2.28. The van der Waals surface area contributed by atoms with Crippen molar-refractivity contribution in [3.63, 3.8) is 0 Å². The number of ketones is 1. The van der Waals surface area contributed by atoms with Crippen molar-refractivity contribution in [2.45, 2.75) is 31.6 Å². The molecule has 1 unspecified atom stereocenters. The Bertz CT molecular complexity index is 1540. The Hall–Kier alpha value is -4.09. The van der Waals surface area contributed by atoms with E-state index < -0.39 is 46.5 Å². The third-order valence-electron chi connectivity index (χ3n) is 6.26. The first kappa shape index (κ1) is 29.9. The molecule has 0 aliphatic carbocycles. The van der Waals surface area contributed by atoms with Gasteiger partial charge in [0, 0.05) is 22.6 Å². The first-order valence-electron chi connectivity index (χ1n) is 12.4. The maximum atomic E-state index is 14.0. The molecule has 4 aromatic rings. The lowest BCUT2D eigenvalue weighted by Gasteiger charge is -2.21. The molecule has 5 rings (SSSR count). The molecule has 212 valence electrons. The zero-order valence-electron chi connectivity index (χ0n) is 21.3. The summed E-state index contributed by atoms with van der Waals surface area (Å²) in [4.78, 5) is 36.3. The summed E-state index contributed by atoms with van der Waals surface area (Å²) in [6.07, 6.45) is 0.565. The van der Waals surface area contributed by atoms with Crippen LogP contribution in [-0.4, -0.2) is 22.8 Å². The van der Waals surface area contributed by atoms with Crippen molar-refractivity contribution in [2.24, 2.45) is 0 Å². The SMILES string of the molecule is O=C(O)CCC(C(=O)c1c(F)cccc1F)c1cccs1.O=C1CCC(c2cccs2)=C(c2c(F)cccc2F)N1. The van der Waals surface area contributed by atoms with Crippen LogP contribution in [0.2, 0.25) is 0 Å². The van der Waals surface area contributed by atoms with Crippen LogP contribution in [0.1, 0.15) is 57.3 Å². The number of rotatable bonds is 8. The van der Waals surface area contributed by atoms with Crippen molar-refractivity contribution in [2.75, 3.05) is 0 Å². The predicted octanol–water partition coefficient (Wildman–Crippen LogP) is 7.66. The number of aliphatic carboxylic acids is 1. The number of nitrogens with one attached hydrogen (secondary N) is 1. The molecule has 2 aromatic carbocycles. The summed E-state index contributed by atoms with van der Waals surface area (Å²) in [5.41, 5.74) is 0.258. The van der Waals surface area contributed by atoms with Gasteiger partial charge in [0.05, 0.1) is 22.7 Å². The molecule has 0 fully saturated rings. The molecule has 1 aliphatic rings. The number of thiophene rings is 2. The van der Waals surface area contributed by atoms with Gasteiger partial charge in [0.25, 0.3) is 0 Å². The third kappa shape index (κ3) is 7.17. The highest BCUT2D eigenvalue weighted by atomic mass is 32.1. The van der Waals surface area contributed by atoms with E-state index in [0.29, 0.717) is 17.7 Å². The van der Waals surface area contributed by atoms with Gasteiger partial charge in [0.2, 0.25) is 5.91 Å². The summed E-state index contributed by atoms with van der Waals surface area (Å²) in [5, 5.41) is 15.0. The van der Waals surface area contributed by atoms with Crippen LogP contribution < -0.4 is 5.32 Å². The number of hydrogen-bond donors (Lipinski definition) is 2. The van der Waals surface area contributed by atoms with Gasteiger partial charge in [-0.1, -0.05) is 24.3 Å². The number of carboxylic acid groups (broad SMARTS) is 1. The Morgan fingerprint density at radius 1 is 0.829 bits per heavy atom. The summed E-state index contributed by atoms with van der Waals surface area (Å²) in [5.74, 6) is -6.07. The normalized spacial score (nSPS) is 13.7. The van der Waals surface area contributed by atoms with Gasteiger partial charge in [-0.15, -0.1) is 22.7 Å². The molecule has 41 heavy (non-hydrogen) atoms. The number of benzene rings is 2. The first-order chi connectivity index (χ1) is 19.7. The molecule has 1 atom stereocenters. The fourth-order valence-corrected chi connectivity index (χ4v) is 6.02. The van der Waals surface area contributed by atoms with E-state index in [1.807, 2.05) is 17.5 Å². The monoisotopic (exact) mass is 601 g/mol. The Morgan fingerprint density at radius 3 is 2.00 bits per heavy atom. The van der Waals surface area contributed by atoms with E-state index in [1.165, 1.54) is 46.9 Å². The van der Waals surface area contributed by atoms with Gasteiger partial charge in [-0.2, -0.15) is 0 Å². The predicted molar refractivity (Wildman–Crippen MR) is 149 cm³/mol. The zero-order valence-corrected chi connectivity index (χ0v) is 23.0. The minimum atomic E-state index is -1.06. The van der Waals surface area contributed by atoms with Gasteiger partial charge in [0.15, 0.2) is 5.78 Å². The van der Waals surface area contributed by atoms with Crippen LogP contribution in [0.25, 0.3) is 11.3 Å². The van der Waals surface area contributed by atoms with E-state index in [4.69, 9.17) is 5.11 Å². The Balaban J connectivity index is 0.000000189. The van der Waals surface area contributed by atoms with Crippen LogP contribution in [-0.2, 0) is 9.59 Å². The second kappa shape index (κ2) is 13.5. The molecule has 1 aliphatic heterocycles. The lowest BCUT2D eigenvalue weighted by molar-refractivity contribution is -0.137. The minimum Gasteiger partial charge on any atom is -0.481 e. The standard InChI is InChI=1S/C15H11F2NOS.C15H12F2O3S/c16-10-3-1-4-11(17)14(10)15-9(6-7-13(19)18-15)12-5-2-8-20-12;16-10-3-1-4-11(17)14(10)15(20)9(6-7-13(18)19)12-5-2-8-21-12/h1-5,8H,6-7H2,(H,18,19);1-5,8-9H,6-7H2,(H,18,19). The van der Waals surface area contributed by atoms with Crippen LogP contribution in [0.15, 0.2) is 71.4 Å². The van der Waals surface area contributed by atoms with E-state index in [-0.39, 0.29) is 30.0 Å². The van der Waals surface area contributed by atoms with E-state index in [0.717, 1.165) is 22.6 Å². The van der Waals surface area contributed by atoms with Gasteiger partial charge in [-0.05, 0) is 65.6 Å². The summed E-state index contributed by atoms with van der Waals surface area (Å²) in [6.45, 7) is 0. The molecule has 11 heteroatoms. The Kier molecular flexibility index (Phi) is 9.85. The smallest absolute Gasteiger partial charge is 0.303 e. The van der Waals surface area contributed by atoms with Crippen molar-refractivity contribution in [1.82, 2.24) is 5.32 Å². The van der Waals surface area contributed by atoms with Crippen molar-refractivity contribution < 1.29 is 37.1 Å². The molecule has 2 N–H and O–H groups in total. The average Bonchev–Trinajstić information content (AvgIpc) is 3.64. The van der Waals surface area contributed by atoms with Crippen LogP contribution in [0.5, 0.6) is 0 Å². The second-order valence-electron chi connectivity index (χ2n) is 8.94. The van der Waals surface area contributed by atoms with E-state index >= 15 is 0 Å². The second-order valence-corrected chi connectivity index (χ2v) is 10.9. The van der Waals surface area contributed by atoms with Gasteiger partial charge in [-0.25, -0.2) is 17.6 Å². The number of Topliss-reactive ketones (excluding diaryl/α,β-unsaturated/α-hetero) is 1. The molecule has 0 radical (unpaired) electrons. The topological polar surface area (TPSA) is 83.5 Å². The molecule has 5 nitrogen and oxygen atoms in total. The van der Waals surface area contributed by atoms with Crippen LogP contribution in [0.3, 0.4) is 0 Å². The van der Waals surface area contributed by atoms with Crippen molar-refractivity contribution in [3.05, 3.63) is 116 Å². The van der Waals surface area contributed by atoms with Gasteiger partial charge >= 0.3 is 5.97 Å². The largest absolute Gasteiger partial charge is 0.481 e. The maximum absolute atomic E-state index is 14.0. The number of carbonyl (C=O) groups excluding carboxylic acids is 2. The Labute approximate surface area is 240 Å². The minimum absolute atomic E-state index is 0.00243. The van der Waals surface area contributed by atoms with Crippen molar-refractivity contribution >= 4 is 51.6 Å². The average molecular weight is 602 g/mol. The van der Waals surface area contributed by atoms with Crippen LogP contribution in [0.4, 0.5) is 17.6 Å². The first-order valence-corrected chi connectivity index (χ1v) is 14.2. The van der Waals surface area contributed by atoms with E-state index in [1.54, 1.807) is 17.5 Å². The van der Waals surface area contributed by atoms with Crippen LogP contribution >= 0.6 is 22.7 Å². The van der Waals surface area contributed by atoms with Crippen molar-refractivity contribution in [3.8, 4) is 0 Å². The maximum Gasteiger partial charge on any atom is 0.303 e. The zero-order chi connectivity index (χ0) is 29.5. The quantitative estimate of drug-likeness (QED) is 0.160. The van der Waals surface area contributed by atoms with Gasteiger partial charge in [-0.3, -0.25) is 14.4 Å². The lowest BCUT2D eigenvalue weighted by Crippen LogP contribution is -2.27. The molecule has 0 spiro atoms. The summed E-state index contributed by atoms with van der Waals surface area (Å²) in [7, 11) is 0. The Morgan fingerprint density at radius 2 is 1.44 bits per heavy atom. The van der Waals surface area contributed by atoms with E-state index in [2.05, 4.69) is 5.32 Å². The third-order valence-corrected chi connectivity index (χ3v) is 8.17. The molecular formula is C30H23F4NO4S2. The van der Waals surface area contributed by atoms with Crippen LogP contribution in [0, 0.1) is 23.3 Å². The number of allylic oxidation sites excluding steroid dienone is 1. The number of carbonyl (C=O) groups is 3. The summed E-state index contributed by atoms with van der Waals surface area (Å²) >= 11 is 2.75. The number of amides is 1. The summed E-state index contributed by atoms with van der Waals surface area (Å²) in [6, 6.07) is 14.0. The molecule has 1 amide bonds. The molecule has 0 saturated heterocycles. The van der Waals surface area contributed by atoms with Gasteiger partial charge in [0.1, 0.15) is 23.3 Å². The summed E-state index contributed by atoms with van der Waals surface area (Å²) < 4.78 is 55.4. The number of hydrogen-bond acceptors (Lipinski definition) is 5. The van der Waals surface area contributed by atoms with Crippen molar-refractivity contribution in [1.29, 1.82) is 0 Å². The van der Waals surface area contributed by atoms with Gasteiger partial charge < -0.3 is 10.4 Å². The lowest BCUT2D eigenvalue weighted by atomic mass is 9.91.